The second-order valence-electron chi connectivity index (χ2n) is 17.7. The van der Waals surface area contributed by atoms with Crippen LogP contribution in [0.25, 0.3) is 0 Å². The fraction of sp³-hybridized carbons (Fsp3) is 0.816. The Bertz CT molecular complexity index is 1390. The Morgan fingerprint density at radius 1 is 0.915 bits per heavy atom. The van der Waals surface area contributed by atoms with Gasteiger partial charge in [-0.3, -0.25) is 19.2 Å². The summed E-state index contributed by atoms with van der Waals surface area (Å²) in [7, 11) is 2.55. The fourth-order valence-electron chi connectivity index (χ4n) is 11.9. The molecule has 0 heterocycles. The van der Waals surface area contributed by atoms with E-state index in [2.05, 4.69) is 46.9 Å². The molecule has 9 heteroatoms. The van der Waals surface area contributed by atoms with Gasteiger partial charge in [-0.25, -0.2) is 4.79 Å². The van der Waals surface area contributed by atoms with Gasteiger partial charge in [-0.15, -0.1) is 0 Å². The lowest BCUT2D eigenvalue weighted by molar-refractivity contribution is -0.195. The zero-order valence-electron chi connectivity index (χ0n) is 30.0. The molecular formula is C38H57NO8. The molecule has 2 N–H and O–H groups in total. The lowest BCUT2D eigenvalue weighted by Gasteiger charge is -2.70. The van der Waals surface area contributed by atoms with Crippen LogP contribution in [0.5, 0.6) is 0 Å². The number of hydrogen-bond acceptors (Lipinski definition) is 7. The highest BCUT2D eigenvalue weighted by atomic mass is 16.5. The maximum absolute atomic E-state index is 14.6. The van der Waals surface area contributed by atoms with Crippen molar-refractivity contribution in [3.63, 3.8) is 0 Å². The van der Waals surface area contributed by atoms with Crippen LogP contribution < -0.4 is 5.32 Å². The first-order valence-electron chi connectivity index (χ1n) is 17.7. The van der Waals surface area contributed by atoms with E-state index in [1.807, 2.05) is 13.0 Å². The van der Waals surface area contributed by atoms with Crippen LogP contribution in [0.3, 0.4) is 0 Å². The molecule has 5 aliphatic carbocycles. The number of carbonyl (C=O) groups is 5. The van der Waals surface area contributed by atoms with Crippen LogP contribution in [0.2, 0.25) is 0 Å². The number of nitrogens with one attached hydrogen (secondary N) is 1. The van der Waals surface area contributed by atoms with Crippen LogP contribution in [-0.4, -0.2) is 55.0 Å². The summed E-state index contributed by atoms with van der Waals surface area (Å²) < 4.78 is 9.67. The number of esters is 2. The van der Waals surface area contributed by atoms with Crippen molar-refractivity contribution in [1.29, 1.82) is 0 Å². The van der Waals surface area contributed by atoms with Gasteiger partial charge in [0.15, 0.2) is 5.78 Å². The van der Waals surface area contributed by atoms with Gasteiger partial charge in [0.05, 0.1) is 19.6 Å². The number of carboxylic acid groups (broad SMARTS) is 1. The van der Waals surface area contributed by atoms with Crippen LogP contribution in [0.1, 0.15) is 119 Å². The SMILES string of the molecule is COC(=O)CCC(NC(=O)[C@H]1CC[C@]2(C)[C@H]3C(=O)C=C4[C@@H]5C[C@@](C)(C(=O)O)CC[C@]5(C)CC[C@@]4(C)[C@]3(C)CC[C@H]2C1(C)C)C(=O)OC. The van der Waals surface area contributed by atoms with Gasteiger partial charge in [0.2, 0.25) is 5.91 Å². The number of methoxy groups -OCH3 is 2. The number of rotatable bonds is 7. The molecule has 9 nitrogen and oxygen atoms in total. The maximum Gasteiger partial charge on any atom is 0.328 e. The number of allylic oxidation sites excluding steroid dienone is 2. The molecule has 0 aromatic rings. The molecule has 10 atom stereocenters. The second kappa shape index (κ2) is 11.7. The van der Waals surface area contributed by atoms with Crippen molar-refractivity contribution in [2.24, 2.45) is 56.2 Å². The molecule has 0 bridgehead atoms. The summed E-state index contributed by atoms with van der Waals surface area (Å²) in [5.74, 6) is -2.25. The van der Waals surface area contributed by atoms with Gasteiger partial charge < -0.3 is 19.9 Å². The van der Waals surface area contributed by atoms with E-state index < -0.39 is 34.8 Å². The number of ether oxygens (including phenoxy) is 2. The van der Waals surface area contributed by atoms with E-state index >= 15 is 0 Å². The van der Waals surface area contributed by atoms with Crippen LogP contribution >= 0.6 is 0 Å². The zero-order valence-corrected chi connectivity index (χ0v) is 30.0. The molecule has 0 aromatic heterocycles. The van der Waals surface area contributed by atoms with E-state index in [9.17, 15) is 29.1 Å². The highest BCUT2D eigenvalue weighted by Gasteiger charge is 2.70. The second-order valence-corrected chi connectivity index (χ2v) is 17.7. The summed E-state index contributed by atoms with van der Waals surface area (Å²) in [6, 6.07) is -0.950. The largest absolute Gasteiger partial charge is 0.481 e. The van der Waals surface area contributed by atoms with E-state index in [1.54, 1.807) is 0 Å². The zero-order chi connectivity index (χ0) is 35.0. The Hall–Kier alpha value is -2.71. The maximum atomic E-state index is 14.6. The molecule has 1 amide bonds. The minimum Gasteiger partial charge on any atom is -0.481 e. The summed E-state index contributed by atoms with van der Waals surface area (Å²) in [6.07, 6.45) is 9.21. The molecule has 1 unspecified atom stereocenters. The Kier molecular flexibility index (Phi) is 8.87. The van der Waals surface area contributed by atoms with Crippen molar-refractivity contribution < 1.29 is 38.6 Å². The number of carboxylic acids is 1. The first-order valence-corrected chi connectivity index (χ1v) is 17.7. The Morgan fingerprint density at radius 2 is 1.57 bits per heavy atom. The summed E-state index contributed by atoms with van der Waals surface area (Å²) in [6.45, 7) is 15.4. The molecule has 5 rings (SSSR count). The topological polar surface area (TPSA) is 136 Å². The fourth-order valence-corrected chi connectivity index (χ4v) is 11.9. The van der Waals surface area contributed by atoms with Gasteiger partial charge in [-0.1, -0.05) is 47.1 Å². The molecule has 0 aromatic carbocycles. The van der Waals surface area contributed by atoms with E-state index in [4.69, 9.17) is 9.47 Å². The molecule has 262 valence electrons. The molecule has 0 aliphatic heterocycles. The minimum atomic E-state index is -0.950. The van der Waals surface area contributed by atoms with Crippen molar-refractivity contribution in [1.82, 2.24) is 5.32 Å². The molecule has 5 aliphatic rings. The summed E-state index contributed by atoms with van der Waals surface area (Å²) in [4.78, 5) is 65.3. The Morgan fingerprint density at radius 3 is 2.19 bits per heavy atom. The van der Waals surface area contributed by atoms with Gasteiger partial charge in [-0.05, 0) is 116 Å². The normalized spacial score (nSPS) is 42.7. The first kappa shape index (κ1) is 35.6. The van der Waals surface area contributed by atoms with Gasteiger partial charge in [0, 0.05) is 18.3 Å². The molecule has 4 fully saturated rings. The van der Waals surface area contributed by atoms with Crippen molar-refractivity contribution >= 4 is 29.6 Å². The molecule has 0 saturated heterocycles. The average molecular weight is 656 g/mol. The standard InChI is InChI=1S/C38H57NO8/c1-33(2)22(30(42)39-25(31(43)47-9)10-11-28(41)46-8)12-14-36(5)27(33)13-15-38(7)29(36)26(40)20-23-24-21-35(4,32(44)45)17-16-34(24,3)18-19-37(23,38)6/h20,22,24-25,27,29H,10-19,21H2,1-9H3,(H,39,42)(H,44,45)/t22-,24+,25?,27+,29-,34-,35+,36+,37-,38-/m1/s1. The highest BCUT2D eigenvalue weighted by Crippen LogP contribution is 2.75. The van der Waals surface area contributed by atoms with Gasteiger partial charge in [-0.2, -0.15) is 0 Å². The third-order valence-corrected chi connectivity index (χ3v) is 15.1. The number of aliphatic carboxylic acids is 1. The molecule has 4 saturated carbocycles. The molecule has 47 heavy (non-hydrogen) atoms. The third kappa shape index (κ3) is 5.27. The molecular weight excluding hydrogens is 598 g/mol. The van der Waals surface area contributed by atoms with Gasteiger partial charge >= 0.3 is 17.9 Å². The third-order valence-electron chi connectivity index (χ3n) is 15.1. The number of amides is 1. The summed E-state index contributed by atoms with van der Waals surface area (Å²) in [5, 5.41) is 13.1. The van der Waals surface area contributed by atoms with Crippen molar-refractivity contribution in [3.05, 3.63) is 11.6 Å². The van der Waals surface area contributed by atoms with Crippen LogP contribution in [0, 0.1) is 56.2 Å². The number of hydrogen-bond donors (Lipinski definition) is 2. The number of ketones is 1. The average Bonchev–Trinajstić information content (AvgIpc) is 2.99. The van der Waals surface area contributed by atoms with Crippen molar-refractivity contribution in [3.8, 4) is 0 Å². The Labute approximate surface area is 280 Å². The summed E-state index contributed by atoms with van der Waals surface area (Å²) in [5.41, 5.74) is -0.883. The van der Waals surface area contributed by atoms with E-state index in [0.717, 1.165) is 32.1 Å². The predicted molar refractivity (Wildman–Crippen MR) is 176 cm³/mol. The quantitative estimate of drug-likeness (QED) is 0.306. The van der Waals surface area contributed by atoms with E-state index in [0.29, 0.717) is 25.7 Å². The van der Waals surface area contributed by atoms with Crippen LogP contribution in [0.4, 0.5) is 0 Å². The highest BCUT2D eigenvalue weighted by molar-refractivity contribution is 5.96. The molecule has 0 spiro atoms. The van der Waals surface area contributed by atoms with Crippen molar-refractivity contribution in [2.75, 3.05) is 14.2 Å². The van der Waals surface area contributed by atoms with E-state index in [-0.39, 0.29) is 69.9 Å². The van der Waals surface area contributed by atoms with Crippen LogP contribution in [0.15, 0.2) is 11.6 Å². The monoisotopic (exact) mass is 655 g/mol. The van der Waals surface area contributed by atoms with Crippen molar-refractivity contribution in [2.45, 2.75) is 125 Å². The van der Waals surface area contributed by atoms with E-state index in [1.165, 1.54) is 19.8 Å². The number of carbonyl (C=O) groups excluding carboxylic acids is 4. The molecule has 0 radical (unpaired) electrons. The first-order chi connectivity index (χ1) is 21.7. The van der Waals surface area contributed by atoms with Crippen LogP contribution in [-0.2, 0) is 33.4 Å². The minimum absolute atomic E-state index is 0.00277. The van der Waals surface area contributed by atoms with Gasteiger partial charge in [0.25, 0.3) is 0 Å². The van der Waals surface area contributed by atoms with Gasteiger partial charge in [0.1, 0.15) is 6.04 Å². The summed E-state index contributed by atoms with van der Waals surface area (Å²) >= 11 is 0. The predicted octanol–water partition coefficient (Wildman–Crippen LogP) is 6.28. The Balaban J connectivity index is 1.45. The lowest BCUT2D eigenvalue weighted by atomic mass is 9.33. The number of fused-ring (bicyclic) bond motifs is 7. The smallest absolute Gasteiger partial charge is 0.328 e. The lowest BCUT2D eigenvalue weighted by Crippen LogP contribution is -2.66.